The van der Waals surface area contributed by atoms with Gasteiger partial charge >= 0.3 is 6.18 Å². The van der Waals surface area contributed by atoms with Crippen molar-refractivity contribution in [2.45, 2.75) is 25.1 Å². The van der Waals surface area contributed by atoms with Gasteiger partial charge < -0.3 is 5.32 Å². The molecule has 32 heavy (non-hydrogen) atoms. The van der Waals surface area contributed by atoms with Crippen molar-refractivity contribution in [1.82, 2.24) is 35.2 Å². The minimum Gasteiger partial charge on any atom is -0.321 e. The zero-order chi connectivity index (χ0) is 22.3. The quantitative estimate of drug-likeness (QED) is 0.509. The first-order chi connectivity index (χ1) is 15.4. The van der Waals surface area contributed by atoms with Crippen LogP contribution in [0.25, 0.3) is 17.1 Å². The number of aromatic nitrogens is 7. The molecular formula is C20H15F3N8O. The van der Waals surface area contributed by atoms with Crippen molar-refractivity contribution >= 4 is 11.6 Å². The van der Waals surface area contributed by atoms with Crippen molar-refractivity contribution in [2.24, 2.45) is 0 Å². The summed E-state index contributed by atoms with van der Waals surface area (Å²) in [5.41, 5.74) is -0.0425. The number of nitrogens with one attached hydrogen (secondary N) is 1. The summed E-state index contributed by atoms with van der Waals surface area (Å²) in [7, 11) is 0. The Labute approximate surface area is 178 Å². The fourth-order valence-electron chi connectivity index (χ4n) is 3.28. The number of halogens is 3. The summed E-state index contributed by atoms with van der Waals surface area (Å²) in [6.45, 7) is 0. The van der Waals surface area contributed by atoms with Crippen molar-refractivity contribution in [1.29, 1.82) is 0 Å². The highest BCUT2D eigenvalue weighted by molar-refractivity contribution is 6.02. The van der Waals surface area contributed by atoms with Gasteiger partial charge in [0.05, 0.1) is 23.5 Å². The molecular weight excluding hydrogens is 425 g/mol. The van der Waals surface area contributed by atoms with Crippen LogP contribution in [-0.4, -0.2) is 41.1 Å². The van der Waals surface area contributed by atoms with Crippen LogP contribution >= 0.6 is 0 Å². The average Bonchev–Trinajstić information content (AvgIpc) is 3.29. The Hall–Kier alpha value is -4.09. The smallest absolute Gasteiger partial charge is 0.321 e. The van der Waals surface area contributed by atoms with Crippen LogP contribution in [0.3, 0.4) is 0 Å². The van der Waals surface area contributed by atoms with Crippen molar-refractivity contribution in [3.63, 3.8) is 0 Å². The first kappa shape index (κ1) is 19.8. The van der Waals surface area contributed by atoms with Crippen molar-refractivity contribution in [2.75, 3.05) is 5.32 Å². The molecule has 0 saturated heterocycles. The number of benzene rings is 2. The lowest BCUT2D eigenvalue weighted by atomic mass is 10.1. The van der Waals surface area contributed by atoms with E-state index < -0.39 is 17.6 Å². The summed E-state index contributed by atoms with van der Waals surface area (Å²) in [4.78, 5) is 12.6. The third-order valence-electron chi connectivity index (χ3n) is 4.95. The molecule has 1 saturated carbocycles. The molecule has 162 valence electrons. The molecule has 2 aromatic heterocycles. The second kappa shape index (κ2) is 7.55. The molecule has 0 atom stereocenters. The van der Waals surface area contributed by atoms with Crippen molar-refractivity contribution < 1.29 is 18.0 Å². The maximum absolute atomic E-state index is 13.3. The molecule has 1 aliphatic carbocycles. The molecule has 2 aromatic carbocycles. The van der Waals surface area contributed by atoms with Gasteiger partial charge in [0.1, 0.15) is 0 Å². The van der Waals surface area contributed by atoms with Crippen LogP contribution in [0, 0.1) is 0 Å². The first-order valence-electron chi connectivity index (χ1n) is 9.69. The molecule has 0 aliphatic heterocycles. The molecule has 12 heteroatoms. The molecule has 0 radical (unpaired) electrons. The molecule has 2 heterocycles. The van der Waals surface area contributed by atoms with Gasteiger partial charge in [0.2, 0.25) is 0 Å². The largest absolute Gasteiger partial charge is 0.418 e. The molecule has 9 nitrogen and oxygen atoms in total. The summed E-state index contributed by atoms with van der Waals surface area (Å²) < 4.78 is 42.5. The Kier molecular flexibility index (Phi) is 4.68. The first-order valence-corrected chi connectivity index (χ1v) is 9.69. The lowest BCUT2D eigenvalue weighted by molar-refractivity contribution is -0.137. The Balaban J connectivity index is 1.37. The van der Waals surface area contributed by atoms with Gasteiger partial charge in [-0.1, -0.05) is 29.5 Å². The van der Waals surface area contributed by atoms with E-state index in [0.717, 1.165) is 35.4 Å². The van der Waals surface area contributed by atoms with Gasteiger partial charge in [0.25, 0.3) is 5.91 Å². The second-order valence-corrected chi connectivity index (χ2v) is 7.28. The zero-order valence-electron chi connectivity index (χ0n) is 16.4. The van der Waals surface area contributed by atoms with Crippen LogP contribution in [-0.2, 0) is 6.18 Å². The number of tetrazole rings is 1. The predicted molar refractivity (Wildman–Crippen MR) is 106 cm³/mol. The SMILES string of the molecule is O=C(Nc1cccc(-c2nnnn2C2CC2)c1)c1cn(-c2ccccc2C(F)(F)F)nn1. The van der Waals surface area contributed by atoms with E-state index in [9.17, 15) is 18.0 Å². The summed E-state index contributed by atoms with van der Waals surface area (Å²) >= 11 is 0. The number of anilines is 1. The van der Waals surface area contributed by atoms with E-state index in [-0.39, 0.29) is 17.4 Å². The standard InChI is InChI=1S/C20H15F3N8O/c21-20(22,23)15-6-1-2-7-17(15)30-11-16(25-28-30)19(32)24-13-5-3-4-12(10-13)18-26-27-29-31(18)14-8-9-14/h1-7,10-11,14H,8-9H2,(H,24,32). The fraction of sp³-hybridized carbons (Fsp3) is 0.200. The highest BCUT2D eigenvalue weighted by Gasteiger charge is 2.34. The Morgan fingerprint density at radius 1 is 1.03 bits per heavy atom. The number of amides is 1. The Morgan fingerprint density at radius 3 is 2.62 bits per heavy atom. The normalized spacial score (nSPS) is 13.8. The molecule has 1 aliphatic rings. The van der Waals surface area contributed by atoms with Crippen molar-refractivity contribution in [3.05, 3.63) is 66.0 Å². The summed E-state index contributed by atoms with van der Waals surface area (Å²) in [5, 5.41) is 21.9. The van der Waals surface area contributed by atoms with E-state index in [1.807, 2.05) is 6.07 Å². The topological polar surface area (TPSA) is 103 Å². The van der Waals surface area contributed by atoms with Crippen molar-refractivity contribution in [3.8, 4) is 17.1 Å². The van der Waals surface area contributed by atoms with Crippen LogP contribution in [0.1, 0.15) is 34.9 Å². The number of hydrogen-bond donors (Lipinski definition) is 1. The summed E-state index contributed by atoms with van der Waals surface area (Å²) in [5.74, 6) is -0.0158. The fourth-order valence-corrected chi connectivity index (χ4v) is 3.28. The van der Waals surface area contributed by atoms with E-state index in [2.05, 4.69) is 31.2 Å². The van der Waals surface area contributed by atoms with Crippen LogP contribution < -0.4 is 5.32 Å². The molecule has 0 unspecified atom stereocenters. The number of nitrogens with zero attached hydrogens (tertiary/aromatic N) is 7. The Morgan fingerprint density at radius 2 is 1.84 bits per heavy atom. The van der Waals surface area contributed by atoms with Gasteiger partial charge in [-0.25, -0.2) is 9.36 Å². The molecule has 5 rings (SSSR count). The summed E-state index contributed by atoms with van der Waals surface area (Å²) in [6.07, 6.45) is -1.39. The maximum Gasteiger partial charge on any atom is 0.418 e. The number of rotatable bonds is 5. The van der Waals surface area contributed by atoms with Crippen LogP contribution in [0.15, 0.2) is 54.7 Å². The van der Waals surface area contributed by atoms with Gasteiger partial charge in [0.15, 0.2) is 11.5 Å². The van der Waals surface area contributed by atoms with Crippen LogP contribution in [0.4, 0.5) is 18.9 Å². The highest BCUT2D eigenvalue weighted by Crippen LogP contribution is 2.37. The lowest BCUT2D eigenvalue weighted by Gasteiger charge is -2.11. The number of carbonyl (C=O) groups is 1. The third kappa shape index (κ3) is 3.82. The van der Waals surface area contributed by atoms with E-state index >= 15 is 0 Å². The predicted octanol–water partition coefficient (Wildman–Crippen LogP) is 3.53. The van der Waals surface area contributed by atoms with Crippen LogP contribution in [0.5, 0.6) is 0 Å². The second-order valence-electron chi connectivity index (χ2n) is 7.28. The van der Waals surface area contributed by atoms with E-state index in [0.29, 0.717) is 11.5 Å². The van der Waals surface area contributed by atoms with Crippen LogP contribution in [0.2, 0.25) is 0 Å². The molecule has 1 fully saturated rings. The third-order valence-corrected chi connectivity index (χ3v) is 4.95. The number of hydrogen-bond acceptors (Lipinski definition) is 6. The minimum absolute atomic E-state index is 0.129. The van der Waals surface area contributed by atoms with E-state index in [1.165, 1.54) is 18.2 Å². The average molecular weight is 440 g/mol. The number of carbonyl (C=O) groups excluding carboxylic acids is 1. The number of para-hydroxylation sites is 1. The Bertz CT molecular complexity index is 1290. The molecule has 1 amide bonds. The zero-order valence-corrected chi connectivity index (χ0v) is 16.4. The van der Waals surface area contributed by atoms with Gasteiger partial charge in [0, 0.05) is 11.3 Å². The van der Waals surface area contributed by atoms with Gasteiger partial charge in [-0.15, -0.1) is 10.2 Å². The highest BCUT2D eigenvalue weighted by atomic mass is 19.4. The maximum atomic E-state index is 13.3. The van der Waals surface area contributed by atoms with Gasteiger partial charge in [-0.05, 0) is 47.5 Å². The minimum atomic E-state index is -4.57. The van der Waals surface area contributed by atoms with E-state index in [4.69, 9.17) is 0 Å². The number of alkyl halides is 3. The molecule has 0 bridgehead atoms. The molecule has 1 N–H and O–H groups in total. The monoisotopic (exact) mass is 440 g/mol. The van der Waals surface area contributed by atoms with E-state index in [1.54, 1.807) is 22.9 Å². The van der Waals surface area contributed by atoms with Gasteiger partial charge in [-0.2, -0.15) is 13.2 Å². The molecule has 0 spiro atoms. The summed E-state index contributed by atoms with van der Waals surface area (Å²) in [6, 6.07) is 12.2. The lowest BCUT2D eigenvalue weighted by Crippen LogP contribution is -2.13. The van der Waals surface area contributed by atoms with Gasteiger partial charge in [-0.3, -0.25) is 4.79 Å². The molecule has 4 aromatic rings.